The van der Waals surface area contributed by atoms with Crippen LogP contribution in [0.15, 0.2) is 60.7 Å². The third-order valence-corrected chi connectivity index (χ3v) is 5.23. The molecule has 0 amide bonds. The van der Waals surface area contributed by atoms with Crippen molar-refractivity contribution in [2.24, 2.45) is 0 Å². The van der Waals surface area contributed by atoms with Crippen LogP contribution in [0.2, 0.25) is 0 Å². The van der Waals surface area contributed by atoms with Crippen LogP contribution in [0.5, 0.6) is 5.75 Å². The lowest BCUT2D eigenvalue weighted by Gasteiger charge is -2.20. The van der Waals surface area contributed by atoms with Gasteiger partial charge in [0.25, 0.3) is 0 Å². The Morgan fingerprint density at radius 1 is 0.964 bits per heavy atom. The van der Waals surface area contributed by atoms with Crippen LogP contribution in [-0.2, 0) is 30.2 Å². The smallest absolute Gasteiger partial charge is 0.328 e. The van der Waals surface area contributed by atoms with E-state index in [0.717, 1.165) is 5.56 Å². The fourth-order valence-electron chi connectivity index (χ4n) is 2.22. The summed E-state index contributed by atoms with van der Waals surface area (Å²) in [4.78, 5) is 24.0. The molecule has 7 nitrogen and oxygen atoms in total. The number of carbonyl (C=O) groups is 2. The predicted molar refractivity (Wildman–Crippen MR) is 105 cm³/mol. The highest BCUT2D eigenvalue weighted by atomic mass is 31.2. The van der Waals surface area contributed by atoms with Crippen molar-refractivity contribution in [1.82, 2.24) is 5.09 Å². The van der Waals surface area contributed by atoms with E-state index in [1.54, 1.807) is 44.2 Å². The molecule has 0 bridgehead atoms. The van der Waals surface area contributed by atoms with Crippen molar-refractivity contribution < 1.29 is 28.2 Å². The summed E-state index contributed by atoms with van der Waals surface area (Å²) in [5.74, 6) is -0.983. The zero-order valence-electron chi connectivity index (χ0n) is 15.9. The standard InChI is InChI=1S/C20H24NO6P/c1-16(2)26-19(22)13-21-28(24,27-18-11-7-4-8-12-18)15-20(23)25-14-17-9-5-3-6-10-17/h3-12,16H,13-15H2,1-2H3,(H,21,24). The van der Waals surface area contributed by atoms with E-state index in [-0.39, 0.29) is 19.3 Å². The topological polar surface area (TPSA) is 90.9 Å². The van der Waals surface area contributed by atoms with Crippen LogP contribution in [0, 0.1) is 0 Å². The minimum atomic E-state index is -3.74. The van der Waals surface area contributed by atoms with Gasteiger partial charge < -0.3 is 14.0 Å². The highest BCUT2D eigenvalue weighted by molar-refractivity contribution is 7.58. The number of nitrogens with one attached hydrogen (secondary N) is 1. The monoisotopic (exact) mass is 405 g/mol. The molecule has 1 N–H and O–H groups in total. The molecule has 8 heteroatoms. The molecule has 2 rings (SSSR count). The zero-order valence-corrected chi connectivity index (χ0v) is 16.8. The van der Waals surface area contributed by atoms with Gasteiger partial charge in [-0.3, -0.25) is 14.2 Å². The summed E-state index contributed by atoms with van der Waals surface area (Å²) < 4.78 is 28.9. The Bertz CT molecular complexity index is 810. The van der Waals surface area contributed by atoms with Crippen molar-refractivity contribution in [3.05, 3.63) is 66.2 Å². The summed E-state index contributed by atoms with van der Waals surface area (Å²) in [6.45, 7) is 3.12. The Morgan fingerprint density at radius 3 is 2.18 bits per heavy atom. The molecule has 0 aliphatic carbocycles. The van der Waals surface area contributed by atoms with Gasteiger partial charge in [0.05, 0.1) is 6.10 Å². The Kier molecular flexibility index (Phi) is 8.23. The fourth-order valence-corrected chi connectivity index (χ4v) is 3.72. The van der Waals surface area contributed by atoms with Crippen LogP contribution in [0.1, 0.15) is 19.4 Å². The molecule has 0 aromatic heterocycles. The molecule has 0 aliphatic rings. The maximum absolute atomic E-state index is 13.2. The average molecular weight is 405 g/mol. The molecule has 1 unspecified atom stereocenters. The van der Waals surface area contributed by atoms with Crippen LogP contribution in [-0.4, -0.2) is 30.7 Å². The molecule has 0 radical (unpaired) electrons. The van der Waals surface area contributed by atoms with E-state index in [9.17, 15) is 14.2 Å². The molecule has 0 heterocycles. The summed E-state index contributed by atoms with van der Waals surface area (Å²) in [5, 5.41) is 2.54. The Morgan fingerprint density at radius 2 is 1.57 bits per heavy atom. The quantitative estimate of drug-likeness (QED) is 0.477. The van der Waals surface area contributed by atoms with Gasteiger partial charge in [0.2, 0.25) is 0 Å². The van der Waals surface area contributed by atoms with Crippen molar-refractivity contribution >= 4 is 19.5 Å². The lowest BCUT2D eigenvalue weighted by molar-refractivity contribution is -0.146. The van der Waals surface area contributed by atoms with E-state index in [2.05, 4.69) is 5.09 Å². The fraction of sp³-hybridized carbons (Fsp3) is 0.300. The van der Waals surface area contributed by atoms with E-state index in [1.165, 1.54) is 0 Å². The molecule has 28 heavy (non-hydrogen) atoms. The molecule has 1 atom stereocenters. The van der Waals surface area contributed by atoms with E-state index >= 15 is 0 Å². The molecule has 0 saturated carbocycles. The highest BCUT2D eigenvalue weighted by Gasteiger charge is 2.30. The molecule has 0 spiro atoms. The summed E-state index contributed by atoms with van der Waals surface area (Å²) in [5.41, 5.74) is 0.808. The molecular weight excluding hydrogens is 381 g/mol. The second-order valence-electron chi connectivity index (χ2n) is 6.26. The van der Waals surface area contributed by atoms with Crippen molar-refractivity contribution in [2.45, 2.75) is 26.6 Å². The lowest BCUT2D eigenvalue weighted by Crippen LogP contribution is -2.29. The van der Waals surface area contributed by atoms with Crippen molar-refractivity contribution in [1.29, 1.82) is 0 Å². The van der Waals surface area contributed by atoms with Gasteiger partial charge in [-0.15, -0.1) is 0 Å². The normalized spacial score (nSPS) is 12.8. The predicted octanol–water partition coefficient (Wildman–Crippen LogP) is 3.54. The molecule has 2 aromatic carbocycles. The third-order valence-electron chi connectivity index (χ3n) is 3.41. The van der Waals surface area contributed by atoms with E-state index in [4.69, 9.17) is 14.0 Å². The number of carbonyl (C=O) groups excluding carboxylic acids is 2. The van der Waals surface area contributed by atoms with Crippen LogP contribution in [0.25, 0.3) is 0 Å². The van der Waals surface area contributed by atoms with Crippen molar-refractivity contribution in [3.8, 4) is 5.75 Å². The minimum absolute atomic E-state index is 0.0560. The molecule has 150 valence electrons. The van der Waals surface area contributed by atoms with Gasteiger partial charge in [0.1, 0.15) is 25.1 Å². The van der Waals surface area contributed by atoms with Crippen molar-refractivity contribution in [2.75, 3.05) is 12.7 Å². The molecular formula is C20H24NO6P. The van der Waals surface area contributed by atoms with Gasteiger partial charge in [0, 0.05) is 0 Å². The number of benzene rings is 2. The van der Waals surface area contributed by atoms with Crippen molar-refractivity contribution in [3.63, 3.8) is 0 Å². The maximum Gasteiger partial charge on any atom is 0.328 e. The number of rotatable bonds is 10. The van der Waals surface area contributed by atoms with Gasteiger partial charge in [-0.05, 0) is 31.5 Å². The molecule has 0 fully saturated rings. The number of hydrogen-bond donors (Lipinski definition) is 1. The Labute approximate surface area is 164 Å². The van der Waals surface area contributed by atoms with E-state index in [0.29, 0.717) is 5.75 Å². The third kappa shape index (κ3) is 7.94. The summed E-state index contributed by atoms with van der Waals surface area (Å²) in [7, 11) is -3.74. The SMILES string of the molecule is CC(C)OC(=O)CNP(=O)(CC(=O)OCc1ccccc1)Oc1ccccc1. The summed E-state index contributed by atoms with van der Waals surface area (Å²) >= 11 is 0. The largest absolute Gasteiger partial charge is 0.462 e. The first-order valence-electron chi connectivity index (χ1n) is 8.84. The van der Waals surface area contributed by atoms with Gasteiger partial charge in [-0.1, -0.05) is 48.5 Å². The average Bonchev–Trinajstić information content (AvgIpc) is 2.66. The van der Waals surface area contributed by atoms with Crippen LogP contribution in [0.3, 0.4) is 0 Å². The highest BCUT2D eigenvalue weighted by Crippen LogP contribution is 2.42. The van der Waals surface area contributed by atoms with Gasteiger partial charge >= 0.3 is 19.5 Å². The second kappa shape index (κ2) is 10.6. The number of para-hydroxylation sites is 1. The minimum Gasteiger partial charge on any atom is -0.462 e. The molecule has 0 saturated heterocycles. The first-order valence-corrected chi connectivity index (χ1v) is 10.7. The second-order valence-corrected chi connectivity index (χ2v) is 8.42. The first-order chi connectivity index (χ1) is 13.4. The van der Waals surface area contributed by atoms with Crippen LogP contribution >= 0.6 is 7.52 Å². The first kappa shape index (κ1) is 21.7. The van der Waals surface area contributed by atoms with Crippen LogP contribution < -0.4 is 9.61 Å². The Balaban J connectivity index is 2.00. The number of esters is 2. The van der Waals surface area contributed by atoms with Gasteiger partial charge in [-0.25, -0.2) is 5.09 Å². The van der Waals surface area contributed by atoms with E-state index in [1.807, 2.05) is 30.3 Å². The lowest BCUT2D eigenvalue weighted by atomic mass is 10.2. The summed E-state index contributed by atoms with van der Waals surface area (Å²) in [6.07, 6.45) is -0.830. The zero-order chi connectivity index (χ0) is 20.4. The molecule has 2 aromatic rings. The summed E-state index contributed by atoms with van der Waals surface area (Å²) in [6, 6.07) is 17.5. The molecule has 0 aliphatic heterocycles. The van der Waals surface area contributed by atoms with E-state index < -0.39 is 25.6 Å². The Hall–Kier alpha value is -2.63. The van der Waals surface area contributed by atoms with Gasteiger partial charge in [-0.2, -0.15) is 0 Å². The van der Waals surface area contributed by atoms with Crippen LogP contribution in [0.4, 0.5) is 0 Å². The number of hydrogen-bond acceptors (Lipinski definition) is 6. The number of ether oxygens (including phenoxy) is 2. The maximum atomic E-state index is 13.2. The van der Waals surface area contributed by atoms with Gasteiger partial charge in [0.15, 0.2) is 0 Å².